The van der Waals surface area contributed by atoms with E-state index >= 15 is 0 Å². The van der Waals surface area contributed by atoms with Crippen molar-refractivity contribution in [2.75, 3.05) is 33.4 Å². The lowest BCUT2D eigenvalue weighted by molar-refractivity contribution is -0.143. The Morgan fingerprint density at radius 2 is 1.71 bits per heavy atom. The molecule has 35 heavy (non-hydrogen) atoms. The van der Waals surface area contributed by atoms with Crippen LogP contribution in [0.2, 0.25) is 0 Å². The molecule has 1 heterocycles. The summed E-state index contributed by atoms with van der Waals surface area (Å²) in [6, 6.07) is 15.3. The normalized spacial score (nSPS) is 20.3. The number of amides is 2. The number of likely N-dealkylation sites (tertiary alicyclic amines) is 1. The highest BCUT2D eigenvalue weighted by atomic mass is 16.5. The Hall–Kier alpha value is -3.39. The minimum Gasteiger partial charge on any atom is -0.481 e. The molecule has 2 atom stereocenters. The van der Waals surface area contributed by atoms with E-state index in [9.17, 15) is 19.5 Å². The van der Waals surface area contributed by atoms with Gasteiger partial charge in [0.2, 0.25) is 5.91 Å². The molecule has 3 aliphatic rings. The van der Waals surface area contributed by atoms with Crippen LogP contribution in [-0.2, 0) is 19.1 Å². The second-order valence-corrected chi connectivity index (χ2v) is 9.78. The lowest BCUT2D eigenvalue weighted by Crippen LogP contribution is -2.49. The highest BCUT2D eigenvalue weighted by Crippen LogP contribution is 2.56. The minimum absolute atomic E-state index is 0.0779. The van der Waals surface area contributed by atoms with Gasteiger partial charge in [-0.2, -0.15) is 0 Å². The van der Waals surface area contributed by atoms with Crippen molar-refractivity contribution >= 4 is 18.0 Å². The van der Waals surface area contributed by atoms with Crippen molar-refractivity contribution in [1.82, 2.24) is 10.2 Å². The lowest BCUT2D eigenvalue weighted by Gasteiger charge is -2.24. The molecule has 0 radical (unpaired) electrons. The second kappa shape index (κ2) is 9.34. The Bertz CT molecular complexity index is 1100. The number of hydrogen-bond acceptors (Lipinski definition) is 5. The molecule has 1 aliphatic heterocycles. The molecule has 2 unspecified atom stereocenters. The van der Waals surface area contributed by atoms with Crippen molar-refractivity contribution < 1.29 is 29.0 Å². The second-order valence-electron chi connectivity index (χ2n) is 9.78. The molecule has 2 aromatic carbocycles. The van der Waals surface area contributed by atoms with E-state index in [1.165, 1.54) is 7.11 Å². The largest absolute Gasteiger partial charge is 0.481 e. The topological polar surface area (TPSA) is 105 Å². The molecule has 8 nitrogen and oxygen atoms in total. The average molecular weight is 479 g/mol. The number of hydrogen-bond donors (Lipinski definition) is 2. The van der Waals surface area contributed by atoms with E-state index in [4.69, 9.17) is 9.47 Å². The quantitative estimate of drug-likeness (QED) is 0.604. The summed E-state index contributed by atoms with van der Waals surface area (Å²) >= 11 is 0. The summed E-state index contributed by atoms with van der Waals surface area (Å²) in [5, 5.41) is 12.3. The molecule has 1 saturated carbocycles. The standard InChI is InChI=1S/C27H30N2O6/c1-34-13-10-23(24(30)29-14-22(25(31)32)27(16-29)11-12-27)28-26(33)35-15-21-19-8-4-2-6-17(19)18-7-3-5-9-20(18)21/h2-9,21-23H,10-16H2,1H3,(H,28,33)(H,31,32). The van der Waals surface area contributed by atoms with E-state index < -0.39 is 24.0 Å². The first-order valence-corrected chi connectivity index (χ1v) is 12.1. The Morgan fingerprint density at radius 3 is 2.26 bits per heavy atom. The number of carbonyl (C=O) groups excluding carboxylic acids is 2. The molecule has 8 heteroatoms. The summed E-state index contributed by atoms with van der Waals surface area (Å²) in [4.78, 5) is 39.3. The summed E-state index contributed by atoms with van der Waals surface area (Å²) < 4.78 is 10.8. The number of alkyl carbamates (subject to hydrolysis) is 1. The number of nitrogens with one attached hydrogen (secondary N) is 1. The van der Waals surface area contributed by atoms with E-state index in [0.29, 0.717) is 6.54 Å². The zero-order valence-corrected chi connectivity index (χ0v) is 19.7. The number of nitrogens with zero attached hydrogens (tertiary/aromatic N) is 1. The van der Waals surface area contributed by atoms with Crippen LogP contribution in [0, 0.1) is 11.3 Å². The Kier molecular flexibility index (Phi) is 6.23. The van der Waals surface area contributed by atoms with Gasteiger partial charge in [0.05, 0.1) is 5.92 Å². The van der Waals surface area contributed by atoms with Gasteiger partial charge in [0.15, 0.2) is 0 Å². The van der Waals surface area contributed by atoms with Crippen molar-refractivity contribution in [2.24, 2.45) is 11.3 Å². The van der Waals surface area contributed by atoms with Crippen LogP contribution >= 0.6 is 0 Å². The first kappa shape index (κ1) is 23.4. The van der Waals surface area contributed by atoms with Crippen LogP contribution < -0.4 is 5.32 Å². The lowest BCUT2D eigenvalue weighted by atomic mass is 9.93. The van der Waals surface area contributed by atoms with Crippen LogP contribution in [-0.4, -0.2) is 67.4 Å². The van der Waals surface area contributed by atoms with Gasteiger partial charge in [0.25, 0.3) is 0 Å². The number of ether oxygens (including phenoxy) is 2. The van der Waals surface area contributed by atoms with Crippen LogP contribution in [0.3, 0.4) is 0 Å². The fourth-order valence-electron chi connectivity index (χ4n) is 5.64. The summed E-state index contributed by atoms with van der Waals surface area (Å²) in [6.45, 7) is 1.02. The third-order valence-electron chi connectivity index (χ3n) is 7.69. The number of rotatable bonds is 8. The Morgan fingerprint density at radius 1 is 1.09 bits per heavy atom. The van der Waals surface area contributed by atoms with Crippen LogP contribution in [0.4, 0.5) is 4.79 Å². The van der Waals surface area contributed by atoms with Crippen LogP contribution in [0.5, 0.6) is 0 Å². The number of carboxylic acid groups (broad SMARTS) is 1. The van der Waals surface area contributed by atoms with E-state index in [1.54, 1.807) is 4.90 Å². The molecule has 2 amide bonds. The number of carboxylic acids is 1. The molecule has 5 rings (SSSR count). The van der Waals surface area contributed by atoms with Gasteiger partial charge < -0.3 is 24.8 Å². The third kappa shape index (κ3) is 4.38. The molecule has 1 saturated heterocycles. The summed E-state index contributed by atoms with van der Waals surface area (Å²) in [5.74, 6) is -1.78. The van der Waals surface area contributed by atoms with Gasteiger partial charge in [-0.3, -0.25) is 9.59 Å². The van der Waals surface area contributed by atoms with Gasteiger partial charge in [-0.1, -0.05) is 48.5 Å². The predicted octanol–water partition coefficient (Wildman–Crippen LogP) is 3.25. The van der Waals surface area contributed by atoms with Crippen LogP contribution in [0.15, 0.2) is 48.5 Å². The fourth-order valence-corrected chi connectivity index (χ4v) is 5.64. The van der Waals surface area contributed by atoms with Gasteiger partial charge >= 0.3 is 12.1 Å². The van der Waals surface area contributed by atoms with E-state index in [0.717, 1.165) is 35.1 Å². The van der Waals surface area contributed by atoms with E-state index in [2.05, 4.69) is 17.4 Å². The Labute approximate surface area is 204 Å². The van der Waals surface area contributed by atoms with Crippen molar-refractivity contribution in [3.8, 4) is 11.1 Å². The Balaban J connectivity index is 1.24. The number of carbonyl (C=O) groups is 3. The average Bonchev–Trinajstić information content (AvgIpc) is 3.41. The number of fused-ring (bicyclic) bond motifs is 3. The maximum Gasteiger partial charge on any atom is 0.407 e. The molecule has 2 aliphatic carbocycles. The van der Waals surface area contributed by atoms with Gasteiger partial charge in [-0.05, 0) is 35.1 Å². The molecular formula is C27H30N2O6. The van der Waals surface area contributed by atoms with E-state index in [1.807, 2.05) is 36.4 Å². The SMILES string of the molecule is COCCC(NC(=O)OCC1c2ccccc2-c2ccccc21)C(=O)N1CC(C(=O)O)C2(CC2)C1. The highest BCUT2D eigenvalue weighted by molar-refractivity contribution is 5.87. The predicted molar refractivity (Wildman–Crippen MR) is 128 cm³/mol. The molecule has 2 aromatic rings. The monoisotopic (exact) mass is 478 g/mol. The maximum absolute atomic E-state index is 13.3. The molecule has 2 fully saturated rings. The molecule has 2 N–H and O–H groups in total. The van der Waals surface area contributed by atoms with Gasteiger partial charge in [0.1, 0.15) is 12.6 Å². The van der Waals surface area contributed by atoms with Gasteiger partial charge in [-0.15, -0.1) is 0 Å². The van der Waals surface area contributed by atoms with Crippen molar-refractivity contribution in [2.45, 2.75) is 31.2 Å². The first-order valence-electron chi connectivity index (χ1n) is 12.1. The summed E-state index contributed by atoms with van der Waals surface area (Å²) in [5.41, 5.74) is 4.19. The number of aliphatic carboxylic acids is 1. The van der Waals surface area contributed by atoms with Crippen LogP contribution in [0.1, 0.15) is 36.3 Å². The number of benzene rings is 2. The van der Waals surface area contributed by atoms with Gasteiger partial charge in [0, 0.05) is 44.6 Å². The third-order valence-corrected chi connectivity index (χ3v) is 7.69. The van der Waals surface area contributed by atoms with E-state index in [-0.39, 0.29) is 43.4 Å². The summed E-state index contributed by atoms with van der Waals surface area (Å²) in [6.07, 6.45) is 1.24. The summed E-state index contributed by atoms with van der Waals surface area (Å²) in [7, 11) is 1.53. The molecule has 0 bridgehead atoms. The zero-order chi connectivity index (χ0) is 24.6. The fraction of sp³-hybridized carbons (Fsp3) is 0.444. The number of methoxy groups -OCH3 is 1. The molecular weight excluding hydrogens is 448 g/mol. The van der Waals surface area contributed by atoms with Crippen molar-refractivity contribution in [1.29, 1.82) is 0 Å². The highest BCUT2D eigenvalue weighted by Gasteiger charge is 2.59. The first-order chi connectivity index (χ1) is 16.9. The van der Waals surface area contributed by atoms with Crippen molar-refractivity contribution in [3.05, 3.63) is 59.7 Å². The molecule has 0 aromatic heterocycles. The smallest absolute Gasteiger partial charge is 0.407 e. The molecule has 1 spiro atoms. The van der Waals surface area contributed by atoms with Crippen LogP contribution in [0.25, 0.3) is 11.1 Å². The maximum atomic E-state index is 13.3. The zero-order valence-electron chi connectivity index (χ0n) is 19.7. The minimum atomic E-state index is -0.865. The van der Waals surface area contributed by atoms with Gasteiger partial charge in [-0.25, -0.2) is 4.79 Å². The molecule has 184 valence electrons. The van der Waals surface area contributed by atoms with Crippen molar-refractivity contribution in [3.63, 3.8) is 0 Å².